The summed E-state index contributed by atoms with van der Waals surface area (Å²) in [5.74, 6) is -1.60. The first-order valence-corrected chi connectivity index (χ1v) is 17.2. The van der Waals surface area contributed by atoms with Gasteiger partial charge in [-0.15, -0.1) is 0 Å². The number of fused-ring (bicyclic) bond motifs is 1. The number of halogens is 2. The summed E-state index contributed by atoms with van der Waals surface area (Å²) in [6, 6.07) is 19.4. The molecule has 0 saturated heterocycles. The standard InChI is InChI=1S/C40H31Cl2NO12/c1-3-34(44)51-19-5-17-49-27-11-7-24(8-12-27)38(46)53-29-15-16-33-30(23-29)40(48)55-37(43-33)26-21-31(41)36(32(42)22-26)54-39(47)25-9-13-28(14-10-25)50-18-6-20-52-35(45)4-2/h3-4,7-16,21-23H,1-2,5-6,17-20H2. The molecule has 0 aliphatic heterocycles. The zero-order chi connectivity index (χ0) is 39.3. The Morgan fingerprint density at radius 3 is 1.65 bits per heavy atom. The van der Waals surface area contributed by atoms with Gasteiger partial charge in [0, 0.05) is 30.6 Å². The lowest BCUT2D eigenvalue weighted by atomic mass is 10.2. The second-order valence-electron chi connectivity index (χ2n) is 11.2. The number of esters is 4. The molecule has 1 heterocycles. The predicted molar refractivity (Wildman–Crippen MR) is 201 cm³/mol. The number of carbonyl (C=O) groups excluding carboxylic acids is 4. The van der Waals surface area contributed by atoms with Crippen molar-refractivity contribution in [2.24, 2.45) is 0 Å². The first kappa shape index (κ1) is 39.8. The quantitative estimate of drug-likeness (QED) is 0.0392. The van der Waals surface area contributed by atoms with Crippen molar-refractivity contribution in [2.75, 3.05) is 26.4 Å². The second-order valence-corrected chi connectivity index (χ2v) is 12.0. The molecule has 0 atom stereocenters. The molecule has 4 aromatic carbocycles. The fraction of sp³-hybridized carbons (Fsp3) is 0.150. The number of rotatable bonds is 17. The SMILES string of the molecule is C=CC(=O)OCCCOc1ccc(C(=O)Oc2ccc3nc(-c4cc(Cl)c(OC(=O)c5ccc(OCCCOC(=O)C=C)cc5)c(Cl)c4)oc(=O)c3c2)cc1. The van der Waals surface area contributed by atoms with Crippen LogP contribution in [0.3, 0.4) is 0 Å². The van der Waals surface area contributed by atoms with Crippen molar-refractivity contribution in [3.63, 3.8) is 0 Å². The van der Waals surface area contributed by atoms with Crippen LogP contribution in [0, 0.1) is 0 Å². The maximum atomic E-state index is 13.0. The minimum atomic E-state index is -0.773. The highest BCUT2D eigenvalue weighted by Crippen LogP contribution is 2.38. The monoisotopic (exact) mass is 787 g/mol. The molecular formula is C40H31Cl2NO12. The highest BCUT2D eigenvalue weighted by molar-refractivity contribution is 6.37. The molecule has 55 heavy (non-hydrogen) atoms. The van der Waals surface area contributed by atoms with Crippen LogP contribution in [0.5, 0.6) is 23.0 Å². The zero-order valence-electron chi connectivity index (χ0n) is 28.9. The number of carbonyl (C=O) groups is 4. The van der Waals surface area contributed by atoms with Crippen molar-refractivity contribution in [3.8, 4) is 34.5 Å². The van der Waals surface area contributed by atoms with Crippen molar-refractivity contribution < 1.29 is 52.0 Å². The van der Waals surface area contributed by atoms with E-state index < -0.39 is 29.5 Å². The van der Waals surface area contributed by atoms with Gasteiger partial charge >= 0.3 is 29.5 Å². The molecule has 0 bridgehead atoms. The van der Waals surface area contributed by atoms with Gasteiger partial charge in [0.25, 0.3) is 0 Å². The van der Waals surface area contributed by atoms with Gasteiger partial charge in [0.15, 0.2) is 5.75 Å². The Bertz CT molecular complexity index is 2260. The largest absolute Gasteiger partial charge is 0.493 e. The summed E-state index contributed by atoms with van der Waals surface area (Å²) in [5.41, 5.74) is 0.117. The van der Waals surface area contributed by atoms with Crippen LogP contribution < -0.4 is 24.6 Å². The maximum Gasteiger partial charge on any atom is 0.347 e. The molecular weight excluding hydrogens is 757 g/mol. The van der Waals surface area contributed by atoms with E-state index in [1.807, 2.05) is 0 Å². The van der Waals surface area contributed by atoms with Crippen LogP contribution in [0.25, 0.3) is 22.4 Å². The van der Waals surface area contributed by atoms with Crippen LogP contribution in [0.2, 0.25) is 10.0 Å². The maximum absolute atomic E-state index is 13.0. The molecule has 5 aromatic rings. The van der Waals surface area contributed by atoms with Crippen molar-refractivity contribution in [1.82, 2.24) is 4.98 Å². The van der Waals surface area contributed by atoms with Crippen LogP contribution >= 0.6 is 23.2 Å². The Kier molecular flexibility index (Phi) is 13.8. The fourth-order valence-electron chi connectivity index (χ4n) is 4.67. The normalized spacial score (nSPS) is 10.6. The highest BCUT2D eigenvalue weighted by atomic mass is 35.5. The Morgan fingerprint density at radius 1 is 0.655 bits per heavy atom. The van der Waals surface area contributed by atoms with Gasteiger partial charge in [-0.2, -0.15) is 0 Å². The van der Waals surface area contributed by atoms with E-state index in [-0.39, 0.29) is 74.8 Å². The van der Waals surface area contributed by atoms with E-state index in [1.54, 1.807) is 24.3 Å². The van der Waals surface area contributed by atoms with Gasteiger partial charge in [0.05, 0.1) is 58.5 Å². The van der Waals surface area contributed by atoms with E-state index in [2.05, 4.69) is 18.1 Å². The van der Waals surface area contributed by atoms with E-state index in [0.717, 1.165) is 12.2 Å². The molecule has 0 saturated carbocycles. The van der Waals surface area contributed by atoms with Crippen LogP contribution in [0.1, 0.15) is 33.6 Å². The van der Waals surface area contributed by atoms with Gasteiger partial charge in [0.1, 0.15) is 17.2 Å². The molecule has 282 valence electrons. The number of aromatic nitrogens is 1. The van der Waals surface area contributed by atoms with E-state index in [1.165, 1.54) is 54.6 Å². The molecule has 0 spiro atoms. The van der Waals surface area contributed by atoms with E-state index >= 15 is 0 Å². The number of hydrogen-bond acceptors (Lipinski definition) is 13. The lowest BCUT2D eigenvalue weighted by molar-refractivity contribution is -0.138. The summed E-state index contributed by atoms with van der Waals surface area (Å²) in [6.45, 7) is 7.59. The van der Waals surface area contributed by atoms with Gasteiger partial charge < -0.3 is 32.8 Å². The molecule has 13 nitrogen and oxygen atoms in total. The van der Waals surface area contributed by atoms with Crippen LogP contribution in [0.15, 0.2) is 113 Å². The summed E-state index contributed by atoms with van der Waals surface area (Å²) < 4.78 is 37.3. The van der Waals surface area contributed by atoms with Gasteiger partial charge in [-0.1, -0.05) is 36.4 Å². The smallest absolute Gasteiger partial charge is 0.347 e. The fourth-order valence-corrected chi connectivity index (χ4v) is 5.24. The van der Waals surface area contributed by atoms with Crippen molar-refractivity contribution in [1.29, 1.82) is 0 Å². The van der Waals surface area contributed by atoms with E-state index in [4.69, 9.17) is 56.0 Å². The zero-order valence-corrected chi connectivity index (χ0v) is 30.4. The van der Waals surface area contributed by atoms with Crippen LogP contribution in [-0.2, 0) is 19.1 Å². The third-order valence-electron chi connectivity index (χ3n) is 7.37. The molecule has 0 aliphatic rings. The number of ether oxygens (including phenoxy) is 6. The summed E-state index contributed by atoms with van der Waals surface area (Å²) in [7, 11) is 0. The average molecular weight is 789 g/mol. The minimum absolute atomic E-state index is 0.0461. The average Bonchev–Trinajstić information content (AvgIpc) is 3.19. The lowest BCUT2D eigenvalue weighted by Gasteiger charge is -2.11. The molecule has 0 aliphatic carbocycles. The Morgan fingerprint density at radius 2 is 1.15 bits per heavy atom. The molecule has 0 amide bonds. The van der Waals surface area contributed by atoms with E-state index in [9.17, 15) is 24.0 Å². The van der Waals surface area contributed by atoms with Crippen molar-refractivity contribution in [2.45, 2.75) is 12.8 Å². The predicted octanol–water partition coefficient (Wildman–Crippen LogP) is 7.60. The highest BCUT2D eigenvalue weighted by Gasteiger charge is 2.19. The first-order chi connectivity index (χ1) is 26.5. The van der Waals surface area contributed by atoms with Crippen molar-refractivity contribution in [3.05, 3.63) is 136 Å². The summed E-state index contributed by atoms with van der Waals surface area (Å²) in [6.07, 6.45) is 3.09. The molecule has 15 heteroatoms. The van der Waals surface area contributed by atoms with Crippen LogP contribution in [0.4, 0.5) is 0 Å². The van der Waals surface area contributed by atoms with Crippen LogP contribution in [-0.4, -0.2) is 55.3 Å². The van der Waals surface area contributed by atoms with Gasteiger partial charge in [-0.25, -0.2) is 29.0 Å². The van der Waals surface area contributed by atoms with Gasteiger partial charge in [0.2, 0.25) is 5.89 Å². The first-order valence-electron chi connectivity index (χ1n) is 16.5. The number of nitrogens with zero attached hydrogens (tertiary/aromatic N) is 1. The Balaban J connectivity index is 1.18. The molecule has 5 rings (SSSR count). The molecule has 0 unspecified atom stereocenters. The third kappa shape index (κ3) is 11.0. The molecule has 0 fully saturated rings. The second kappa shape index (κ2) is 19.1. The van der Waals surface area contributed by atoms with E-state index in [0.29, 0.717) is 30.9 Å². The number of hydrogen-bond donors (Lipinski definition) is 0. The topological polar surface area (TPSA) is 167 Å². The molecule has 1 aromatic heterocycles. The van der Waals surface area contributed by atoms with Crippen molar-refractivity contribution >= 4 is 58.0 Å². The summed E-state index contributed by atoms with van der Waals surface area (Å²) in [4.78, 5) is 65.3. The number of benzene rings is 4. The molecule has 0 N–H and O–H groups in total. The third-order valence-corrected chi connectivity index (χ3v) is 7.93. The van der Waals surface area contributed by atoms with Gasteiger partial charge in [-0.05, 0) is 78.9 Å². The molecule has 0 radical (unpaired) electrons. The summed E-state index contributed by atoms with van der Waals surface area (Å²) >= 11 is 12.9. The Labute approximate surface area is 323 Å². The lowest BCUT2D eigenvalue weighted by Crippen LogP contribution is -2.10. The minimum Gasteiger partial charge on any atom is -0.493 e. The Hall–Kier alpha value is -6.44. The summed E-state index contributed by atoms with van der Waals surface area (Å²) in [5, 5.41) is -0.0541. The van der Waals surface area contributed by atoms with Gasteiger partial charge in [-0.3, -0.25) is 0 Å².